The van der Waals surface area contributed by atoms with E-state index in [1.54, 1.807) is 6.20 Å². The quantitative estimate of drug-likeness (QED) is 0.245. The van der Waals surface area contributed by atoms with Gasteiger partial charge in [-0.3, -0.25) is 4.90 Å². The molecule has 1 aromatic carbocycles. The number of hydrogen-bond acceptors (Lipinski definition) is 5. The van der Waals surface area contributed by atoms with Crippen molar-refractivity contribution in [2.75, 3.05) is 45.9 Å². The van der Waals surface area contributed by atoms with E-state index >= 15 is 0 Å². The molecule has 0 bridgehead atoms. The van der Waals surface area contributed by atoms with Gasteiger partial charge in [-0.25, -0.2) is 9.98 Å². The summed E-state index contributed by atoms with van der Waals surface area (Å²) < 4.78 is 11.2. The van der Waals surface area contributed by atoms with E-state index in [0.29, 0.717) is 12.4 Å². The molecule has 3 rings (SSSR count). The van der Waals surface area contributed by atoms with E-state index in [1.807, 2.05) is 12.1 Å². The SMILES string of the molecule is CCNC(=NCc1ncc(-c2ccc(C)cc2)o1)NCCCN1CCOCC1.I. The van der Waals surface area contributed by atoms with Crippen molar-refractivity contribution in [1.82, 2.24) is 20.5 Å². The first-order valence-electron chi connectivity index (χ1n) is 10.1. The van der Waals surface area contributed by atoms with Crippen molar-refractivity contribution in [2.45, 2.75) is 26.8 Å². The summed E-state index contributed by atoms with van der Waals surface area (Å²) in [5.74, 6) is 2.18. The van der Waals surface area contributed by atoms with E-state index in [-0.39, 0.29) is 24.0 Å². The predicted octanol–water partition coefficient (Wildman–Crippen LogP) is 3.05. The first-order chi connectivity index (χ1) is 13.7. The maximum atomic E-state index is 5.85. The van der Waals surface area contributed by atoms with Crippen LogP contribution in [0.15, 0.2) is 39.9 Å². The lowest BCUT2D eigenvalue weighted by Gasteiger charge is -2.26. The summed E-state index contributed by atoms with van der Waals surface area (Å²) in [5.41, 5.74) is 2.25. The van der Waals surface area contributed by atoms with Crippen molar-refractivity contribution >= 4 is 29.9 Å². The van der Waals surface area contributed by atoms with Gasteiger partial charge in [-0.1, -0.05) is 29.8 Å². The zero-order valence-electron chi connectivity index (χ0n) is 17.3. The van der Waals surface area contributed by atoms with Crippen molar-refractivity contribution in [3.05, 3.63) is 41.9 Å². The van der Waals surface area contributed by atoms with Crippen LogP contribution in [0.25, 0.3) is 11.3 Å². The van der Waals surface area contributed by atoms with Crippen LogP contribution in [-0.4, -0.2) is 61.8 Å². The van der Waals surface area contributed by atoms with Crippen LogP contribution in [0.3, 0.4) is 0 Å². The number of aromatic nitrogens is 1. The van der Waals surface area contributed by atoms with Crippen molar-refractivity contribution < 1.29 is 9.15 Å². The molecule has 0 saturated carbocycles. The molecule has 1 fully saturated rings. The number of rotatable bonds is 8. The van der Waals surface area contributed by atoms with E-state index in [4.69, 9.17) is 9.15 Å². The fourth-order valence-corrected chi connectivity index (χ4v) is 3.06. The lowest BCUT2D eigenvalue weighted by atomic mass is 10.1. The molecule has 1 aliphatic heterocycles. The van der Waals surface area contributed by atoms with Crippen molar-refractivity contribution in [3.8, 4) is 11.3 Å². The van der Waals surface area contributed by atoms with Crippen LogP contribution in [0, 0.1) is 6.92 Å². The molecule has 0 unspecified atom stereocenters. The number of halogens is 1. The van der Waals surface area contributed by atoms with Crippen LogP contribution >= 0.6 is 24.0 Å². The number of nitrogens with one attached hydrogen (secondary N) is 2. The number of nitrogens with zero attached hydrogens (tertiary/aromatic N) is 3. The smallest absolute Gasteiger partial charge is 0.216 e. The minimum atomic E-state index is 0. The highest BCUT2D eigenvalue weighted by Crippen LogP contribution is 2.20. The number of oxazole rings is 1. The van der Waals surface area contributed by atoms with Gasteiger partial charge in [0.15, 0.2) is 11.7 Å². The predicted molar refractivity (Wildman–Crippen MR) is 127 cm³/mol. The summed E-state index contributed by atoms with van der Waals surface area (Å²) in [6.45, 7) is 11.1. The number of aryl methyl sites for hydroxylation is 1. The van der Waals surface area contributed by atoms with Gasteiger partial charge in [-0.05, 0) is 26.8 Å². The monoisotopic (exact) mass is 513 g/mol. The minimum absolute atomic E-state index is 0. The van der Waals surface area contributed by atoms with Crippen molar-refractivity contribution in [1.29, 1.82) is 0 Å². The molecule has 2 heterocycles. The Labute approximate surface area is 190 Å². The molecule has 7 nitrogen and oxygen atoms in total. The summed E-state index contributed by atoms with van der Waals surface area (Å²) in [7, 11) is 0. The first-order valence-corrected chi connectivity index (χ1v) is 10.1. The fraction of sp³-hybridized carbons (Fsp3) is 0.524. The summed E-state index contributed by atoms with van der Waals surface area (Å²) in [4.78, 5) is 11.4. The third kappa shape index (κ3) is 7.94. The van der Waals surface area contributed by atoms with E-state index < -0.39 is 0 Å². The second-order valence-electron chi connectivity index (χ2n) is 6.91. The Morgan fingerprint density at radius 2 is 1.93 bits per heavy atom. The fourth-order valence-electron chi connectivity index (χ4n) is 3.06. The minimum Gasteiger partial charge on any atom is -0.439 e. The molecule has 8 heteroatoms. The Hall–Kier alpha value is -1.65. The highest BCUT2D eigenvalue weighted by Gasteiger charge is 2.10. The van der Waals surface area contributed by atoms with Crippen LogP contribution in [0.2, 0.25) is 0 Å². The van der Waals surface area contributed by atoms with Gasteiger partial charge in [0.2, 0.25) is 5.89 Å². The molecule has 1 saturated heterocycles. The number of aliphatic imine (C=N–C) groups is 1. The topological polar surface area (TPSA) is 74.9 Å². The molecule has 1 aliphatic rings. The number of guanidine groups is 1. The molecule has 0 radical (unpaired) electrons. The van der Waals surface area contributed by atoms with Gasteiger partial charge in [0.25, 0.3) is 0 Å². The number of ether oxygens (including phenoxy) is 1. The standard InChI is InChI=1S/C21H31N5O2.HI/c1-3-22-21(23-9-4-10-26-11-13-27-14-12-26)25-16-20-24-15-19(28-20)18-7-5-17(2)6-8-18;/h5-8,15H,3-4,9-14,16H2,1-2H3,(H2,22,23,25);1H. The molecule has 160 valence electrons. The second kappa shape index (κ2) is 12.8. The largest absolute Gasteiger partial charge is 0.439 e. The van der Waals surface area contributed by atoms with Gasteiger partial charge < -0.3 is 19.8 Å². The Morgan fingerprint density at radius 1 is 1.17 bits per heavy atom. The molecule has 0 atom stereocenters. The molecule has 0 spiro atoms. The zero-order chi connectivity index (χ0) is 19.6. The van der Waals surface area contributed by atoms with Crippen LogP contribution in [0.1, 0.15) is 24.8 Å². The van der Waals surface area contributed by atoms with Crippen LogP contribution in [0.5, 0.6) is 0 Å². The lowest BCUT2D eigenvalue weighted by molar-refractivity contribution is 0.0376. The van der Waals surface area contributed by atoms with Gasteiger partial charge in [0, 0.05) is 31.7 Å². The number of hydrogen-bond donors (Lipinski definition) is 2. The Bertz CT molecular complexity index is 742. The van der Waals surface area contributed by atoms with E-state index in [2.05, 4.69) is 51.5 Å². The van der Waals surface area contributed by atoms with Gasteiger partial charge in [0.05, 0.1) is 19.4 Å². The van der Waals surface area contributed by atoms with Gasteiger partial charge >= 0.3 is 0 Å². The maximum absolute atomic E-state index is 5.85. The molecular weight excluding hydrogens is 481 g/mol. The lowest BCUT2D eigenvalue weighted by Crippen LogP contribution is -2.40. The average molecular weight is 513 g/mol. The Balaban J connectivity index is 0.00000300. The third-order valence-corrected chi connectivity index (χ3v) is 4.65. The van der Waals surface area contributed by atoms with Crippen LogP contribution in [0.4, 0.5) is 0 Å². The van der Waals surface area contributed by atoms with Crippen molar-refractivity contribution in [2.24, 2.45) is 4.99 Å². The normalized spacial score (nSPS) is 15.0. The van der Waals surface area contributed by atoms with Crippen molar-refractivity contribution in [3.63, 3.8) is 0 Å². The molecule has 29 heavy (non-hydrogen) atoms. The molecule has 2 N–H and O–H groups in total. The highest BCUT2D eigenvalue weighted by atomic mass is 127. The van der Waals surface area contributed by atoms with Crippen LogP contribution < -0.4 is 10.6 Å². The van der Waals surface area contributed by atoms with Crippen LogP contribution in [-0.2, 0) is 11.3 Å². The molecule has 0 aliphatic carbocycles. The third-order valence-electron chi connectivity index (χ3n) is 4.65. The van der Waals surface area contributed by atoms with E-state index in [9.17, 15) is 0 Å². The molecule has 2 aromatic rings. The summed E-state index contributed by atoms with van der Waals surface area (Å²) in [5, 5.41) is 6.66. The summed E-state index contributed by atoms with van der Waals surface area (Å²) in [6.07, 6.45) is 2.83. The summed E-state index contributed by atoms with van der Waals surface area (Å²) in [6, 6.07) is 8.23. The number of benzene rings is 1. The molecule has 0 amide bonds. The maximum Gasteiger partial charge on any atom is 0.216 e. The van der Waals surface area contributed by atoms with E-state index in [0.717, 1.165) is 69.6 Å². The molecule has 1 aromatic heterocycles. The zero-order valence-corrected chi connectivity index (χ0v) is 19.6. The van der Waals surface area contributed by atoms with Gasteiger partial charge in [0.1, 0.15) is 6.54 Å². The molecular formula is C21H32IN5O2. The van der Waals surface area contributed by atoms with Gasteiger partial charge in [-0.2, -0.15) is 0 Å². The summed E-state index contributed by atoms with van der Waals surface area (Å²) >= 11 is 0. The van der Waals surface area contributed by atoms with E-state index in [1.165, 1.54) is 5.56 Å². The second-order valence-corrected chi connectivity index (χ2v) is 6.91. The van der Waals surface area contributed by atoms with Gasteiger partial charge in [-0.15, -0.1) is 24.0 Å². The highest BCUT2D eigenvalue weighted by molar-refractivity contribution is 14.0. The number of morpholine rings is 1. The average Bonchev–Trinajstić information content (AvgIpc) is 3.19. The Kier molecular flexibility index (Phi) is 10.4. The Morgan fingerprint density at radius 3 is 2.66 bits per heavy atom. The first kappa shape index (κ1) is 23.6.